The van der Waals surface area contributed by atoms with Crippen LogP contribution in [0.25, 0.3) is 0 Å². The molecule has 2 aromatic carbocycles. The number of benzene rings is 2. The first-order valence-corrected chi connectivity index (χ1v) is 6.46. The van der Waals surface area contributed by atoms with Crippen LogP contribution in [0.1, 0.15) is 28.9 Å². The number of carbonyl (C=O) groups excluding carboxylic acids is 1. The SMILES string of the molecule is CC(NC(=O)c1ccc(Cl)c(N)c1)c1cccc(F)c1. The van der Waals surface area contributed by atoms with Gasteiger partial charge in [0.2, 0.25) is 0 Å². The van der Waals surface area contributed by atoms with Crippen molar-refractivity contribution in [3.63, 3.8) is 0 Å². The first-order valence-electron chi connectivity index (χ1n) is 6.08. The van der Waals surface area contributed by atoms with E-state index in [4.69, 9.17) is 17.3 Å². The number of nitrogens with one attached hydrogen (secondary N) is 1. The monoisotopic (exact) mass is 292 g/mol. The van der Waals surface area contributed by atoms with Gasteiger partial charge < -0.3 is 11.1 Å². The normalized spacial score (nSPS) is 11.9. The summed E-state index contributed by atoms with van der Waals surface area (Å²) in [4.78, 5) is 12.1. The molecule has 0 spiro atoms. The van der Waals surface area contributed by atoms with E-state index < -0.39 is 0 Å². The minimum atomic E-state index is -0.334. The van der Waals surface area contributed by atoms with E-state index in [-0.39, 0.29) is 17.8 Å². The number of hydrogen-bond donors (Lipinski definition) is 2. The molecule has 2 aromatic rings. The number of rotatable bonds is 3. The van der Waals surface area contributed by atoms with Crippen LogP contribution in [0, 0.1) is 5.82 Å². The van der Waals surface area contributed by atoms with Crippen molar-refractivity contribution in [3.05, 3.63) is 64.4 Å². The maximum atomic E-state index is 13.1. The summed E-state index contributed by atoms with van der Waals surface area (Å²) in [7, 11) is 0. The van der Waals surface area contributed by atoms with Gasteiger partial charge in [-0.1, -0.05) is 23.7 Å². The number of amides is 1. The smallest absolute Gasteiger partial charge is 0.251 e. The summed E-state index contributed by atoms with van der Waals surface area (Å²) in [5.41, 5.74) is 7.11. The van der Waals surface area contributed by atoms with Gasteiger partial charge in [0.25, 0.3) is 5.91 Å². The zero-order chi connectivity index (χ0) is 14.7. The standard InChI is InChI=1S/C15H14ClFN2O/c1-9(10-3-2-4-12(17)7-10)19-15(20)11-5-6-13(16)14(18)8-11/h2-9H,18H2,1H3,(H,19,20). The maximum Gasteiger partial charge on any atom is 0.251 e. The van der Waals surface area contributed by atoms with Crippen LogP contribution in [0.15, 0.2) is 42.5 Å². The van der Waals surface area contributed by atoms with Crippen molar-refractivity contribution >= 4 is 23.2 Å². The third-order valence-corrected chi connectivity index (χ3v) is 3.30. The Morgan fingerprint density at radius 1 is 1.30 bits per heavy atom. The van der Waals surface area contributed by atoms with Crippen LogP contribution >= 0.6 is 11.6 Å². The molecule has 0 fully saturated rings. The number of hydrogen-bond acceptors (Lipinski definition) is 2. The lowest BCUT2D eigenvalue weighted by molar-refractivity contribution is 0.0940. The fourth-order valence-corrected chi connectivity index (χ4v) is 1.94. The number of nitrogens with two attached hydrogens (primary N) is 1. The first kappa shape index (κ1) is 14.3. The molecule has 3 N–H and O–H groups in total. The van der Waals surface area contributed by atoms with Gasteiger partial charge in [0.15, 0.2) is 0 Å². The van der Waals surface area contributed by atoms with Gasteiger partial charge in [-0.25, -0.2) is 4.39 Å². The predicted molar refractivity (Wildman–Crippen MR) is 78.1 cm³/mol. The molecule has 2 rings (SSSR count). The van der Waals surface area contributed by atoms with Crippen LogP contribution in [0.3, 0.4) is 0 Å². The molecule has 1 unspecified atom stereocenters. The highest BCUT2D eigenvalue weighted by molar-refractivity contribution is 6.33. The fraction of sp³-hybridized carbons (Fsp3) is 0.133. The number of carbonyl (C=O) groups is 1. The topological polar surface area (TPSA) is 55.1 Å². The van der Waals surface area contributed by atoms with E-state index in [1.165, 1.54) is 18.2 Å². The van der Waals surface area contributed by atoms with Crippen molar-refractivity contribution in [3.8, 4) is 0 Å². The molecular formula is C15H14ClFN2O. The van der Waals surface area contributed by atoms with Gasteiger partial charge in [0.1, 0.15) is 5.82 Å². The van der Waals surface area contributed by atoms with E-state index in [0.717, 1.165) is 0 Å². The summed E-state index contributed by atoms with van der Waals surface area (Å²) < 4.78 is 13.1. The summed E-state index contributed by atoms with van der Waals surface area (Å²) in [6.45, 7) is 1.78. The summed E-state index contributed by atoms with van der Waals surface area (Å²) in [5, 5.41) is 3.18. The van der Waals surface area contributed by atoms with E-state index >= 15 is 0 Å². The van der Waals surface area contributed by atoms with Gasteiger partial charge in [-0.3, -0.25) is 4.79 Å². The Balaban J connectivity index is 2.13. The second kappa shape index (κ2) is 5.92. The van der Waals surface area contributed by atoms with Crippen molar-refractivity contribution in [2.75, 3.05) is 5.73 Å². The van der Waals surface area contributed by atoms with Crippen LogP contribution in [0.2, 0.25) is 5.02 Å². The number of anilines is 1. The van der Waals surface area contributed by atoms with Gasteiger partial charge in [-0.2, -0.15) is 0 Å². The second-order valence-corrected chi connectivity index (χ2v) is 4.89. The lowest BCUT2D eigenvalue weighted by Crippen LogP contribution is -2.26. The molecule has 0 aliphatic heterocycles. The van der Waals surface area contributed by atoms with Crippen molar-refractivity contribution in [2.24, 2.45) is 0 Å². The van der Waals surface area contributed by atoms with Gasteiger partial charge in [-0.15, -0.1) is 0 Å². The molecule has 1 amide bonds. The fourth-order valence-electron chi connectivity index (χ4n) is 1.82. The summed E-state index contributed by atoms with van der Waals surface area (Å²) in [6, 6.07) is 10.5. The Labute approximate surface area is 121 Å². The Kier molecular flexibility index (Phi) is 4.25. The molecule has 0 radical (unpaired) electrons. The lowest BCUT2D eigenvalue weighted by atomic mass is 10.1. The molecule has 0 heterocycles. The maximum absolute atomic E-state index is 13.1. The van der Waals surface area contributed by atoms with Crippen LogP contribution in [-0.4, -0.2) is 5.91 Å². The molecule has 0 aromatic heterocycles. The zero-order valence-electron chi connectivity index (χ0n) is 10.9. The Hall–Kier alpha value is -2.07. The highest BCUT2D eigenvalue weighted by Crippen LogP contribution is 2.20. The van der Waals surface area contributed by atoms with Gasteiger partial charge >= 0.3 is 0 Å². The number of halogens is 2. The molecule has 3 nitrogen and oxygen atoms in total. The summed E-state index contributed by atoms with van der Waals surface area (Å²) in [6.07, 6.45) is 0. The Morgan fingerprint density at radius 2 is 2.05 bits per heavy atom. The van der Waals surface area contributed by atoms with Gasteiger partial charge in [0, 0.05) is 5.56 Å². The third-order valence-electron chi connectivity index (χ3n) is 2.95. The van der Waals surface area contributed by atoms with Crippen LogP contribution in [-0.2, 0) is 0 Å². The molecule has 0 aliphatic carbocycles. The molecule has 20 heavy (non-hydrogen) atoms. The minimum absolute atomic E-state index is 0.287. The van der Waals surface area contributed by atoms with Crippen molar-refractivity contribution in [2.45, 2.75) is 13.0 Å². The van der Waals surface area contributed by atoms with Crippen molar-refractivity contribution in [1.29, 1.82) is 0 Å². The quantitative estimate of drug-likeness (QED) is 0.850. The average Bonchev–Trinajstić information content (AvgIpc) is 2.41. The van der Waals surface area contributed by atoms with E-state index in [0.29, 0.717) is 21.8 Å². The highest BCUT2D eigenvalue weighted by atomic mass is 35.5. The lowest BCUT2D eigenvalue weighted by Gasteiger charge is -2.14. The third kappa shape index (κ3) is 3.27. The molecule has 0 saturated carbocycles. The van der Waals surface area contributed by atoms with Gasteiger partial charge in [-0.05, 0) is 42.8 Å². The Morgan fingerprint density at radius 3 is 2.70 bits per heavy atom. The largest absolute Gasteiger partial charge is 0.398 e. The average molecular weight is 293 g/mol. The van der Waals surface area contributed by atoms with E-state index in [2.05, 4.69) is 5.32 Å². The first-order chi connectivity index (χ1) is 9.47. The van der Waals surface area contributed by atoms with Gasteiger partial charge in [0.05, 0.1) is 16.8 Å². The van der Waals surface area contributed by atoms with Crippen LogP contribution < -0.4 is 11.1 Å². The molecule has 104 valence electrons. The van der Waals surface area contributed by atoms with E-state index in [1.807, 2.05) is 0 Å². The van der Waals surface area contributed by atoms with Crippen molar-refractivity contribution in [1.82, 2.24) is 5.32 Å². The molecule has 5 heteroatoms. The molecular weight excluding hydrogens is 279 g/mol. The Bertz CT molecular complexity index is 646. The van der Waals surface area contributed by atoms with E-state index in [9.17, 15) is 9.18 Å². The highest BCUT2D eigenvalue weighted by Gasteiger charge is 2.12. The molecule has 1 atom stereocenters. The number of nitrogen functional groups attached to an aromatic ring is 1. The van der Waals surface area contributed by atoms with Crippen LogP contribution in [0.4, 0.5) is 10.1 Å². The van der Waals surface area contributed by atoms with Crippen LogP contribution in [0.5, 0.6) is 0 Å². The summed E-state index contributed by atoms with van der Waals surface area (Å²) >= 11 is 5.81. The van der Waals surface area contributed by atoms with E-state index in [1.54, 1.807) is 31.2 Å². The minimum Gasteiger partial charge on any atom is -0.398 e. The second-order valence-electron chi connectivity index (χ2n) is 4.49. The molecule has 0 bridgehead atoms. The molecule has 0 aliphatic rings. The predicted octanol–water partition coefficient (Wildman–Crippen LogP) is 3.55. The zero-order valence-corrected chi connectivity index (χ0v) is 11.6. The molecule has 0 saturated heterocycles. The summed E-state index contributed by atoms with van der Waals surface area (Å²) in [5.74, 6) is -0.621. The van der Waals surface area contributed by atoms with Crippen molar-refractivity contribution < 1.29 is 9.18 Å².